The number of nitrogens with one attached hydrogen (secondary N) is 2. The Morgan fingerprint density at radius 3 is 2.27 bits per heavy atom. The van der Waals surface area contributed by atoms with Crippen LogP contribution in [0.25, 0.3) is 0 Å². The topological polar surface area (TPSA) is 114 Å². The van der Waals surface area contributed by atoms with Crippen LogP contribution < -0.4 is 10.6 Å². The number of amides is 3. The van der Waals surface area contributed by atoms with Gasteiger partial charge in [0.05, 0.1) is 7.11 Å². The maximum Gasteiger partial charge on any atom is 0.408 e. The maximum absolute atomic E-state index is 14.2. The molecule has 1 aliphatic carbocycles. The van der Waals surface area contributed by atoms with Gasteiger partial charge in [-0.25, -0.2) is 4.79 Å². The molecule has 0 bridgehead atoms. The van der Waals surface area contributed by atoms with Crippen LogP contribution in [0.4, 0.5) is 4.79 Å². The highest BCUT2D eigenvalue weighted by Crippen LogP contribution is 2.41. The van der Waals surface area contributed by atoms with E-state index in [0.29, 0.717) is 12.0 Å². The largest absolute Gasteiger partial charge is 0.468 e. The van der Waals surface area contributed by atoms with E-state index in [0.717, 1.165) is 17.5 Å². The normalized spacial score (nSPS) is 19.2. The molecule has 5 unspecified atom stereocenters. The summed E-state index contributed by atoms with van der Waals surface area (Å²) in [7, 11) is 1.25. The van der Waals surface area contributed by atoms with E-state index in [-0.39, 0.29) is 30.3 Å². The third kappa shape index (κ3) is 8.20. The van der Waals surface area contributed by atoms with Crippen LogP contribution >= 0.6 is 0 Å². The number of aryl methyl sites for hydroxylation is 2. The number of alkyl carbamates (subject to hydrolysis) is 1. The van der Waals surface area contributed by atoms with Crippen molar-refractivity contribution in [1.29, 1.82) is 0 Å². The Balaban J connectivity index is 2.54. The highest BCUT2D eigenvalue weighted by Gasteiger charge is 2.49. The van der Waals surface area contributed by atoms with E-state index >= 15 is 0 Å². The number of benzene rings is 1. The fraction of sp³-hybridized carbons (Fsp3) is 0.643. The minimum atomic E-state index is -0.986. The molecule has 0 saturated heterocycles. The molecule has 0 radical (unpaired) electrons. The zero-order valence-corrected chi connectivity index (χ0v) is 23.6. The van der Waals surface area contributed by atoms with Gasteiger partial charge in [-0.1, -0.05) is 51.0 Å². The third-order valence-corrected chi connectivity index (χ3v) is 6.71. The van der Waals surface area contributed by atoms with Crippen molar-refractivity contribution < 1.29 is 28.7 Å². The number of ether oxygens (including phenoxy) is 2. The first-order valence-electron chi connectivity index (χ1n) is 12.9. The molecule has 2 N–H and O–H groups in total. The van der Waals surface area contributed by atoms with Crippen LogP contribution in [0.15, 0.2) is 18.2 Å². The summed E-state index contributed by atoms with van der Waals surface area (Å²) in [5.41, 5.74) is 1.81. The second-order valence-electron chi connectivity index (χ2n) is 11.1. The molecule has 1 saturated carbocycles. The van der Waals surface area contributed by atoms with Gasteiger partial charge in [-0.2, -0.15) is 0 Å². The Kier molecular flexibility index (Phi) is 10.1. The van der Waals surface area contributed by atoms with Crippen LogP contribution in [-0.2, 0) is 23.9 Å². The lowest BCUT2D eigenvalue weighted by Crippen LogP contribution is -2.56. The van der Waals surface area contributed by atoms with Gasteiger partial charge >= 0.3 is 12.1 Å². The molecular weight excluding hydrogens is 474 g/mol. The molecule has 3 amide bonds. The van der Waals surface area contributed by atoms with Gasteiger partial charge < -0.3 is 25.0 Å². The van der Waals surface area contributed by atoms with Gasteiger partial charge in [0.25, 0.3) is 0 Å². The highest BCUT2D eigenvalue weighted by atomic mass is 16.6. The minimum absolute atomic E-state index is 0.185. The molecule has 1 aliphatic rings. The smallest absolute Gasteiger partial charge is 0.408 e. The van der Waals surface area contributed by atoms with Crippen molar-refractivity contribution in [3.63, 3.8) is 0 Å². The molecule has 0 aromatic heterocycles. The molecule has 1 fully saturated rings. The number of carbonyl (C=O) groups excluding carboxylic acids is 4. The molecule has 0 spiro atoms. The van der Waals surface area contributed by atoms with E-state index in [4.69, 9.17) is 4.74 Å². The fourth-order valence-electron chi connectivity index (χ4n) is 4.33. The summed E-state index contributed by atoms with van der Waals surface area (Å²) in [5.74, 6) is -1.45. The van der Waals surface area contributed by atoms with E-state index in [1.54, 1.807) is 25.7 Å². The van der Waals surface area contributed by atoms with Gasteiger partial charge in [0.2, 0.25) is 11.8 Å². The van der Waals surface area contributed by atoms with Gasteiger partial charge in [-0.05, 0) is 64.0 Å². The molecule has 37 heavy (non-hydrogen) atoms. The summed E-state index contributed by atoms with van der Waals surface area (Å²) in [6.45, 7) is 14.7. The van der Waals surface area contributed by atoms with Crippen molar-refractivity contribution in [3.8, 4) is 0 Å². The monoisotopic (exact) mass is 517 g/mol. The van der Waals surface area contributed by atoms with E-state index in [2.05, 4.69) is 15.4 Å². The van der Waals surface area contributed by atoms with Crippen LogP contribution in [0.2, 0.25) is 0 Å². The average Bonchev–Trinajstić information content (AvgIpc) is 3.53. The molecule has 5 atom stereocenters. The predicted molar refractivity (Wildman–Crippen MR) is 141 cm³/mol. The van der Waals surface area contributed by atoms with Crippen LogP contribution in [0.3, 0.4) is 0 Å². The van der Waals surface area contributed by atoms with Gasteiger partial charge in [0, 0.05) is 6.04 Å². The van der Waals surface area contributed by atoms with Crippen LogP contribution in [0.5, 0.6) is 0 Å². The first-order chi connectivity index (χ1) is 17.2. The first-order valence-corrected chi connectivity index (χ1v) is 12.9. The molecule has 0 heterocycles. The number of carbonyl (C=O) groups is 4. The molecule has 206 valence electrons. The summed E-state index contributed by atoms with van der Waals surface area (Å²) in [6.07, 6.45) is 0.674. The Hall–Kier alpha value is -3.10. The fourth-order valence-corrected chi connectivity index (χ4v) is 4.33. The van der Waals surface area contributed by atoms with Gasteiger partial charge in [0.15, 0.2) is 0 Å². The van der Waals surface area contributed by atoms with E-state index in [9.17, 15) is 19.2 Å². The van der Waals surface area contributed by atoms with E-state index in [1.165, 1.54) is 7.11 Å². The number of nitrogens with zero attached hydrogens (tertiary/aromatic N) is 1. The lowest BCUT2D eigenvalue weighted by atomic mass is 9.93. The molecule has 9 heteroatoms. The van der Waals surface area contributed by atoms with Crippen LogP contribution in [0.1, 0.15) is 77.1 Å². The zero-order chi connectivity index (χ0) is 28.1. The SMILES string of the molecule is CCC(C)C(NC(=O)OC(C)(C)C)C(=O)N(C(C(=O)NCC(=O)OC)c1ccc(C)cc1C)C1CC1C. The molecule has 2 rings (SSSR count). The summed E-state index contributed by atoms with van der Waals surface area (Å²) >= 11 is 0. The Morgan fingerprint density at radius 1 is 1.16 bits per heavy atom. The van der Waals surface area contributed by atoms with Crippen LogP contribution in [-0.4, -0.2) is 60.1 Å². The number of rotatable bonds is 10. The Morgan fingerprint density at radius 2 is 1.78 bits per heavy atom. The van der Waals surface area contributed by atoms with Gasteiger partial charge in [0.1, 0.15) is 24.2 Å². The molecule has 9 nitrogen and oxygen atoms in total. The molecular formula is C28H43N3O6. The van der Waals surface area contributed by atoms with Crippen LogP contribution in [0, 0.1) is 25.7 Å². The van der Waals surface area contributed by atoms with Crippen molar-refractivity contribution in [2.24, 2.45) is 11.8 Å². The summed E-state index contributed by atoms with van der Waals surface area (Å²) in [5, 5.41) is 5.41. The third-order valence-electron chi connectivity index (χ3n) is 6.71. The second kappa shape index (κ2) is 12.4. The van der Waals surface area contributed by atoms with E-state index in [1.807, 2.05) is 52.8 Å². The number of esters is 1. The average molecular weight is 518 g/mol. The lowest BCUT2D eigenvalue weighted by Gasteiger charge is -2.37. The molecule has 0 aliphatic heterocycles. The first kappa shape index (κ1) is 30.1. The van der Waals surface area contributed by atoms with Crippen molar-refractivity contribution in [3.05, 3.63) is 34.9 Å². The summed E-state index contributed by atoms with van der Waals surface area (Å²) in [6, 6.07) is 3.63. The quantitative estimate of drug-likeness (QED) is 0.456. The summed E-state index contributed by atoms with van der Waals surface area (Å²) < 4.78 is 10.1. The zero-order valence-electron chi connectivity index (χ0n) is 23.6. The van der Waals surface area contributed by atoms with Crippen molar-refractivity contribution in [1.82, 2.24) is 15.5 Å². The summed E-state index contributed by atoms with van der Waals surface area (Å²) in [4.78, 5) is 54.0. The van der Waals surface area contributed by atoms with Gasteiger partial charge in [-0.15, -0.1) is 0 Å². The predicted octanol–water partition coefficient (Wildman–Crippen LogP) is 3.81. The molecule has 1 aromatic rings. The lowest BCUT2D eigenvalue weighted by molar-refractivity contribution is -0.146. The highest BCUT2D eigenvalue weighted by molar-refractivity contribution is 5.94. The Labute approximate surface area is 220 Å². The Bertz CT molecular complexity index is 1000. The number of methoxy groups -OCH3 is 1. The second-order valence-corrected chi connectivity index (χ2v) is 11.1. The standard InChI is InChI=1S/C28H43N3O6/c1-10-17(3)23(30-27(35)37-28(6,7)8)26(34)31(21-14-19(21)5)24(25(33)29-15-22(32)36-9)20-12-11-16(2)13-18(20)4/h11-13,17,19,21,23-24H,10,14-15H2,1-9H3,(H,29,33)(H,30,35). The van der Waals surface area contributed by atoms with Gasteiger partial charge in [-0.3, -0.25) is 14.4 Å². The van der Waals surface area contributed by atoms with E-state index < -0.39 is 35.7 Å². The minimum Gasteiger partial charge on any atom is -0.468 e. The maximum atomic E-state index is 14.2. The van der Waals surface area contributed by atoms with Crippen molar-refractivity contribution in [2.45, 2.75) is 92.0 Å². The number of hydrogen-bond acceptors (Lipinski definition) is 6. The number of hydrogen-bond donors (Lipinski definition) is 2. The van der Waals surface area contributed by atoms with Crippen molar-refractivity contribution >= 4 is 23.9 Å². The van der Waals surface area contributed by atoms with Crippen molar-refractivity contribution in [2.75, 3.05) is 13.7 Å². The molecule has 1 aromatic carbocycles.